The van der Waals surface area contributed by atoms with Crippen molar-refractivity contribution in [1.29, 1.82) is 0 Å². The number of halogens is 1. The van der Waals surface area contributed by atoms with Crippen LogP contribution in [0.4, 0.5) is 4.79 Å². The molecular formula is C10H12BrN3O3. The van der Waals surface area contributed by atoms with Gasteiger partial charge >= 0.3 is 6.03 Å². The molecule has 0 saturated carbocycles. The monoisotopic (exact) mass is 301 g/mol. The van der Waals surface area contributed by atoms with Crippen molar-refractivity contribution in [1.82, 2.24) is 15.4 Å². The molecule has 0 aliphatic carbocycles. The molecule has 0 aromatic carbocycles. The lowest BCUT2D eigenvalue weighted by Gasteiger charge is -2.12. The fourth-order valence-electron chi connectivity index (χ4n) is 1.66. The van der Waals surface area contributed by atoms with Gasteiger partial charge in [0.1, 0.15) is 10.6 Å². The summed E-state index contributed by atoms with van der Waals surface area (Å²) >= 11 is 3.14. The average molecular weight is 302 g/mol. The van der Waals surface area contributed by atoms with E-state index in [0.717, 1.165) is 4.90 Å². The maximum Gasteiger partial charge on any atom is 0.325 e. The minimum atomic E-state index is -0.450. The van der Waals surface area contributed by atoms with Crippen LogP contribution in [-0.2, 0) is 11.3 Å². The number of rotatable bonds is 3. The average Bonchev–Trinajstić information content (AvgIpc) is 2.77. The molecule has 92 valence electrons. The molecular weight excluding hydrogens is 290 g/mol. The molecule has 1 unspecified atom stereocenters. The third kappa shape index (κ3) is 2.33. The van der Waals surface area contributed by atoms with Gasteiger partial charge < -0.3 is 9.84 Å². The Morgan fingerprint density at radius 1 is 1.59 bits per heavy atom. The van der Waals surface area contributed by atoms with Gasteiger partial charge in [-0.1, -0.05) is 19.0 Å². The smallest absolute Gasteiger partial charge is 0.325 e. The number of hydrogen-bond donors (Lipinski definition) is 1. The van der Waals surface area contributed by atoms with E-state index in [1.54, 1.807) is 6.07 Å². The van der Waals surface area contributed by atoms with E-state index in [2.05, 4.69) is 26.4 Å². The summed E-state index contributed by atoms with van der Waals surface area (Å²) in [5.41, 5.74) is 0. The molecule has 17 heavy (non-hydrogen) atoms. The highest BCUT2D eigenvalue weighted by atomic mass is 79.9. The number of hydrogen-bond acceptors (Lipinski definition) is 4. The fraction of sp³-hybridized carbons (Fsp3) is 0.500. The second-order valence-corrected chi connectivity index (χ2v) is 5.02. The van der Waals surface area contributed by atoms with E-state index in [-0.39, 0.29) is 24.4 Å². The predicted octanol–water partition coefficient (Wildman–Crippen LogP) is 1.51. The van der Waals surface area contributed by atoms with Crippen molar-refractivity contribution in [2.75, 3.05) is 0 Å². The summed E-state index contributed by atoms with van der Waals surface area (Å²) < 4.78 is 5.49. The van der Waals surface area contributed by atoms with Crippen LogP contribution in [0.15, 0.2) is 15.2 Å². The molecule has 1 N–H and O–H groups in total. The molecule has 3 amide bonds. The van der Waals surface area contributed by atoms with Crippen LogP contribution in [0.5, 0.6) is 0 Å². The summed E-state index contributed by atoms with van der Waals surface area (Å²) in [5.74, 6) is 0.306. The number of nitrogens with one attached hydrogen (secondary N) is 1. The molecule has 1 aliphatic rings. The summed E-state index contributed by atoms with van der Waals surface area (Å²) in [4.78, 5) is 24.7. The van der Waals surface area contributed by atoms with E-state index in [0.29, 0.717) is 10.4 Å². The zero-order valence-corrected chi connectivity index (χ0v) is 11.0. The van der Waals surface area contributed by atoms with Crippen molar-refractivity contribution in [3.8, 4) is 0 Å². The lowest BCUT2D eigenvalue weighted by atomic mass is 10.1. The van der Waals surface area contributed by atoms with Gasteiger partial charge in [-0.05, 0) is 21.8 Å². The largest absolute Gasteiger partial charge is 0.358 e. The molecule has 1 fully saturated rings. The zero-order chi connectivity index (χ0) is 12.6. The van der Waals surface area contributed by atoms with Gasteiger partial charge in [-0.3, -0.25) is 9.69 Å². The van der Waals surface area contributed by atoms with Crippen LogP contribution in [0.1, 0.15) is 19.6 Å². The number of urea groups is 1. The number of aromatic nitrogens is 1. The van der Waals surface area contributed by atoms with Crippen LogP contribution in [-0.4, -0.2) is 28.0 Å². The van der Waals surface area contributed by atoms with Crippen LogP contribution >= 0.6 is 15.9 Å². The molecule has 6 nitrogen and oxygen atoms in total. The third-order valence-corrected chi connectivity index (χ3v) is 2.94. The van der Waals surface area contributed by atoms with Crippen LogP contribution in [0.3, 0.4) is 0 Å². The van der Waals surface area contributed by atoms with Crippen molar-refractivity contribution < 1.29 is 14.1 Å². The molecule has 2 heterocycles. The Kier molecular flexibility index (Phi) is 3.19. The molecule has 1 aromatic heterocycles. The van der Waals surface area contributed by atoms with E-state index >= 15 is 0 Å². The second-order valence-electron chi connectivity index (χ2n) is 4.21. The standard InChI is InChI=1S/C10H12BrN3O3/c1-5(2)8-9(15)14(10(16)12-8)4-6-3-7(11)13-17-6/h3,5,8H,4H2,1-2H3,(H,12,16). The summed E-state index contributed by atoms with van der Waals surface area (Å²) in [6.07, 6.45) is 0. The Bertz CT molecular complexity index is 457. The number of carbonyl (C=O) groups is 2. The molecule has 0 radical (unpaired) electrons. The molecule has 7 heteroatoms. The Hall–Kier alpha value is -1.37. The highest BCUT2D eigenvalue weighted by molar-refractivity contribution is 9.10. The van der Waals surface area contributed by atoms with Crippen LogP contribution in [0.25, 0.3) is 0 Å². The third-order valence-electron chi connectivity index (χ3n) is 2.57. The predicted molar refractivity (Wildman–Crippen MR) is 61.9 cm³/mol. The summed E-state index contributed by atoms with van der Waals surface area (Å²) in [6, 6.07) is 0.790. The highest BCUT2D eigenvalue weighted by Gasteiger charge is 2.39. The van der Waals surface area contributed by atoms with Crippen molar-refractivity contribution in [3.63, 3.8) is 0 Å². The lowest BCUT2D eigenvalue weighted by Crippen LogP contribution is -2.34. The topological polar surface area (TPSA) is 75.4 Å². The zero-order valence-electron chi connectivity index (χ0n) is 9.44. The van der Waals surface area contributed by atoms with Gasteiger partial charge in [-0.2, -0.15) is 0 Å². The summed E-state index contributed by atoms with van der Waals surface area (Å²) in [7, 11) is 0. The normalized spacial score (nSPS) is 20.2. The summed E-state index contributed by atoms with van der Waals surface area (Å²) in [5, 5.41) is 6.28. The van der Waals surface area contributed by atoms with Crippen molar-refractivity contribution >= 4 is 27.9 Å². The van der Waals surface area contributed by atoms with Gasteiger partial charge in [0.15, 0.2) is 5.76 Å². The first-order chi connectivity index (χ1) is 7.99. The molecule has 1 atom stereocenters. The molecule has 1 aromatic rings. The summed E-state index contributed by atoms with van der Waals surface area (Å²) in [6.45, 7) is 3.88. The minimum absolute atomic E-state index is 0.0675. The minimum Gasteiger partial charge on any atom is -0.358 e. The van der Waals surface area contributed by atoms with E-state index < -0.39 is 6.04 Å². The van der Waals surface area contributed by atoms with Gasteiger partial charge in [-0.25, -0.2) is 4.79 Å². The second kappa shape index (κ2) is 4.48. The van der Waals surface area contributed by atoms with E-state index in [1.165, 1.54) is 0 Å². The Balaban J connectivity index is 2.11. The number of imide groups is 1. The van der Waals surface area contributed by atoms with Crippen LogP contribution < -0.4 is 5.32 Å². The molecule has 1 aliphatic heterocycles. The van der Waals surface area contributed by atoms with Crippen molar-refractivity contribution in [2.45, 2.75) is 26.4 Å². The van der Waals surface area contributed by atoms with E-state index in [1.807, 2.05) is 13.8 Å². The molecule has 1 saturated heterocycles. The Morgan fingerprint density at radius 2 is 2.29 bits per heavy atom. The van der Waals surface area contributed by atoms with Gasteiger partial charge in [0.05, 0.1) is 6.54 Å². The van der Waals surface area contributed by atoms with Gasteiger partial charge in [-0.15, -0.1) is 0 Å². The Morgan fingerprint density at radius 3 is 2.76 bits per heavy atom. The van der Waals surface area contributed by atoms with Gasteiger partial charge in [0.2, 0.25) is 0 Å². The molecule has 0 bridgehead atoms. The van der Waals surface area contributed by atoms with E-state index in [4.69, 9.17) is 4.52 Å². The first kappa shape index (κ1) is 12.1. The maximum absolute atomic E-state index is 11.9. The number of carbonyl (C=O) groups excluding carboxylic acids is 2. The van der Waals surface area contributed by atoms with Crippen LogP contribution in [0.2, 0.25) is 0 Å². The van der Waals surface area contributed by atoms with E-state index in [9.17, 15) is 9.59 Å². The number of amides is 3. The molecule has 2 rings (SSSR count). The SMILES string of the molecule is CC(C)C1NC(=O)N(Cc2cc(Br)no2)C1=O. The van der Waals surface area contributed by atoms with Gasteiger partial charge in [0, 0.05) is 6.07 Å². The molecule has 0 spiro atoms. The number of nitrogens with zero attached hydrogens (tertiary/aromatic N) is 2. The fourth-order valence-corrected chi connectivity index (χ4v) is 1.99. The lowest BCUT2D eigenvalue weighted by molar-refractivity contribution is -0.128. The first-order valence-corrected chi connectivity index (χ1v) is 6.01. The maximum atomic E-state index is 11.9. The van der Waals surface area contributed by atoms with Crippen molar-refractivity contribution in [3.05, 3.63) is 16.4 Å². The quantitative estimate of drug-likeness (QED) is 0.859. The van der Waals surface area contributed by atoms with Gasteiger partial charge in [0.25, 0.3) is 5.91 Å². The first-order valence-electron chi connectivity index (χ1n) is 5.22. The Labute approximate surface area is 106 Å². The van der Waals surface area contributed by atoms with Crippen LogP contribution in [0, 0.1) is 5.92 Å². The van der Waals surface area contributed by atoms with Crippen molar-refractivity contribution in [2.24, 2.45) is 5.92 Å². The highest BCUT2D eigenvalue weighted by Crippen LogP contribution is 2.18.